The quantitative estimate of drug-likeness (QED) is 0.0349. The van der Waals surface area contributed by atoms with Crippen LogP contribution in [-0.4, -0.2) is 41.9 Å². The minimum Gasteiger partial charge on any atom is -0.387 e. The highest BCUT2D eigenvalue weighted by molar-refractivity contribution is 7.85. The van der Waals surface area contributed by atoms with Gasteiger partial charge < -0.3 is 10.4 Å². The van der Waals surface area contributed by atoms with Crippen molar-refractivity contribution in [3.63, 3.8) is 0 Å². The zero-order chi connectivity index (χ0) is 36.8. The average Bonchev–Trinajstić information content (AvgIpc) is 3.08. The molecule has 0 rings (SSSR count). The Morgan fingerprint density at radius 3 is 1.42 bits per heavy atom. The van der Waals surface area contributed by atoms with Gasteiger partial charge >= 0.3 is 0 Å². The monoisotopic (exact) mass is 716 g/mol. The Bertz CT molecular complexity index is 1100. The second-order valence-corrected chi connectivity index (χ2v) is 14.7. The highest BCUT2D eigenvalue weighted by Crippen LogP contribution is 2.13. The summed E-state index contributed by atoms with van der Waals surface area (Å²) in [5.74, 6) is -1.05. The van der Waals surface area contributed by atoms with Crippen molar-refractivity contribution < 1.29 is 22.9 Å². The van der Waals surface area contributed by atoms with Gasteiger partial charge in [-0.05, 0) is 70.6 Å². The second kappa shape index (κ2) is 36.3. The standard InChI is InChI=1S/C43H73NO5S/c1-3-5-7-9-11-13-15-17-19-20-21-22-23-24-25-27-29-31-33-35-37-39-43(46)44-41(40-50(47,48)49)42(45)38-36-34-32-30-28-26-18-16-14-12-10-8-6-4-2/h5,7,11,13,17,19,21-22,24-25,29,31,36,38,41-42,45H,3-4,6,8-10,12,14-16,18,20,23,26-28,30,32-35,37,39-40H2,1-2H3,(H,44,46)(H,47,48,49)/b7-5-,13-11-,19-17-,22-21-,25-24-,31-29-,38-36+. The van der Waals surface area contributed by atoms with Crippen molar-refractivity contribution in [1.82, 2.24) is 5.32 Å². The maximum atomic E-state index is 12.5. The van der Waals surface area contributed by atoms with Crippen LogP contribution in [0.5, 0.6) is 0 Å². The Morgan fingerprint density at radius 2 is 0.960 bits per heavy atom. The molecule has 0 spiro atoms. The molecule has 0 heterocycles. The van der Waals surface area contributed by atoms with E-state index in [2.05, 4.69) is 92.1 Å². The lowest BCUT2D eigenvalue weighted by molar-refractivity contribution is -0.122. The zero-order valence-electron chi connectivity index (χ0n) is 31.7. The number of carbonyl (C=O) groups excluding carboxylic acids is 1. The van der Waals surface area contributed by atoms with E-state index in [1.165, 1.54) is 70.3 Å². The van der Waals surface area contributed by atoms with E-state index in [-0.39, 0.29) is 12.3 Å². The number of unbranched alkanes of at least 4 members (excludes halogenated alkanes) is 14. The van der Waals surface area contributed by atoms with Gasteiger partial charge in [0.1, 0.15) is 0 Å². The first-order valence-electron chi connectivity index (χ1n) is 19.8. The van der Waals surface area contributed by atoms with Crippen molar-refractivity contribution in [2.45, 2.75) is 174 Å². The Morgan fingerprint density at radius 1 is 0.560 bits per heavy atom. The van der Waals surface area contributed by atoms with Gasteiger partial charge in [-0.3, -0.25) is 9.35 Å². The van der Waals surface area contributed by atoms with Gasteiger partial charge in [-0.15, -0.1) is 0 Å². The van der Waals surface area contributed by atoms with E-state index >= 15 is 0 Å². The summed E-state index contributed by atoms with van der Waals surface area (Å²) in [6.45, 7) is 4.39. The normalized spacial score (nSPS) is 14.2. The summed E-state index contributed by atoms with van der Waals surface area (Å²) in [4.78, 5) is 12.5. The number of aliphatic hydroxyl groups excluding tert-OH is 1. The molecule has 2 atom stereocenters. The molecule has 1 amide bonds. The van der Waals surface area contributed by atoms with Crippen molar-refractivity contribution in [3.05, 3.63) is 85.1 Å². The van der Waals surface area contributed by atoms with Gasteiger partial charge in [0.15, 0.2) is 0 Å². The van der Waals surface area contributed by atoms with Gasteiger partial charge in [-0.25, -0.2) is 0 Å². The van der Waals surface area contributed by atoms with Crippen LogP contribution in [-0.2, 0) is 14.9 Å². The summed E-state index contributed by atoms with van der Waals surface area (Å²) in [7, 11) is -4.36. The highest BCUT2D eigenvalue weighted by Gasteiger charge is 2.24. The molecule has 0 aromatic rings. The Hall–Kier alpha value is -2.48. The first kappa shape index (κ1) is 47.5. The lowest BCUT2D eigenvalue weighted by Crippen LogP contribution is -2.46. The topological polar surface area (TPSA) is 104 Å². The third kappa shape index (κ3) is 36.8. The van der Waals surface area contributed by atoms with Crippen molar-refractivity contribution in [1.29, 1.82) is 0 Å². The third-order valence-corrected chi connectivity index (χ3v) is 9.11. The Kier molecular flexibility index (Phi) is 34.5. The summed E-state index contributed by atoms with van der Waals surface area (Å²) >= 11 is 0. The smallest absolute Gasteiger partial charge is 0.267 e. The van der Waals surface area contributed by atoms with Crippen molar-refractivity contribution in [2.24, 2.45) is 0 Å². The molecule has 7 heteroatoms. The number of amides is 1. The van der Waals surface area contributed by atoms with Crippen molar-refractivity contribution >= 4 is 16.0 Å². The molecule has 0 radical (unpaired) electrons. The molecule has 0 aliphatic rings. The first-order valence-corrected chi connectivity index (χ1v) is 21.4. The van der Waals surface area contributed by atoms with Crippen LogP contribution in [0.25, 0.3) is 0 Å². The van der Waals surface area contributed by atoms with E-state index in [0.29, 0.717) is 6.42 Å². The van der Waals surface area contributed by atoms with E-state index in [1.807, 2.05) is 6.08 Å². The molecule has 286 valence electrons. The van der Waals surface area contributed by atoms with Crippen molar-refractivity contribution in [3.8, 4) is 0 Å². The van der Waals surface area contributed by atoms with E-state index in [4.69, 9.17) is 0 Å². The van der Waals surface area contributed by atoms with Crippen LogP contribution >= 0.6 is 0 Å². The predicted molar refractivity (Wildman–Crippen MR) is 216 cm³/mol. The van der Waals surface area contributed by atoms with Crippen LogP contribution < -0.4 is 5.32 Å². The van der Waals surface area contributed by atoms with E-state index < -0.39 is 28.0 Å². The first-order chi connectivity index (χ1) is 24.3. The van der Waals surface area contributed by atoms with Gasteiger partial charge in [-0.1, -0.05) is 170 Å². The Labute approximate surface area is 307 Å². The van der Waals surface area contributed by atoms with Crippen LogP contribution in [0, 0.1) is 0 Å². The number of carbonyl (C=O) groups is 1. The number of hydrogen-bond donors (Lipinski definition) is 3. The maximum absolute atomic E-state index is 12.5. The SMILES string of the molecule is CC/C=C\C/C=C\C/C=C\C/C=C\C/C=C\C/C=C\CCCCC(=O)NC(CS(=O)(=O)O)C(O)/C=C/CCCCCCCCCCCCCC. The molecular formula is C43H73NO5S. The molecule has 0 aliphatic heterocycles. The predicted octanol–water partition coefficient (Wildman–Crippen LogP) is 11.6. The molecule has 0 aliphatic carbocycles. The number of aliphatic hydroxyl groups is 1. The molecule has 6 nitrogen and oxygen atoms in total. The zero-order valence-corrected chi connectivity index (χ0v) is 32.6. The molecule has 0 aromatic heterocycles. The van der Waals surface area contributed by atoms with Crippen LogP contribution in [0.15, 0.2) is 85.1 Å². The fraction of sp³-hybridized carbons (Fsp3) is 0.651. The van der Waals surface area contributed by atoms with E-state index in [0.717, 1.165) is 70.6 Å². The van der Waals surface area contributed by atoms with Crippen LogP contribution in [0.4, 0.5) is 0 Å². The second-order valence-electron chi connectivity index (χ2n) is 13.2. The molecular weight excluding hydrogens is 643 g/mol. The minimum atomic E-state index is -4.36. The molecule has 50 heavy (non-hydrogen) atoms. The molecule has 3 N–H and O–H groups in total. The lowest BCUT2D eigenvalue weighted by Gasteiger charge is -2.21. The third-order valence-electron chi connectivity index (χ3n) is 8.33. The fourth-order valence-corrected chi connectivity index (χ4v) is 6.13. The minimum absolute atomic E-state index is 0.236. The summed E-state index contributed by atoms with van der Waals surface area (Å²) in [5, 5.41) is 13.2. The summed E-state index contributed by atoms with van der Waals surface area (Å²) < 4.78 is 32.4. The van der Waals surface area contributed by atoms with Gasteiger partial charge in [0.05, 0.1) is 17.9 Å². The molecule has 2 unspecified atom stereocenters. The summed E-state index contributed by atoms with van der Waals surface area (Å²) in [5.41, 5.74) is 0. The molecule has 0 saturated carbocycles. The number of hydrogen-bond acceptors (Lipinski definition) is 4. The molecule has 0 fully saturated rings. The van der Waals surface area contributed by atoms with Gasteiger partial charge in [0.25, 0.3) is 10.1 Å². The molecule has 0 bridgehead atoms. The van der Waals surface area contributed by atoms with Gasteiger partial charge in [-0.2, -0.15) is 8.42 Å². The van der Waals surface area contributed by atoms with Crippen LogP contribution in [0.2, 0.25) is 0 Å². The number of allylic oxidation sites excluding steroid dienone is 13. The maximum Gasteiger partial charge on any atom is 0.267 e. The largest absolute Gasteiger partial charge is 0.387 e. The van der Waals surface area contributed by atoms with E-state index in [1.54, 1.807) is 0 Å². The Balaban J connectivity index is 4.08. The van der Waals surface area contributed by atoms with Crippen molar-refractivity contribution in [2.75, 3.05) is 5.75 Å². The van der Waals surface area contributed by atoms with Gasteiger partial charge in [0.2, 0.25) is 5.91 Å². The fourth-order valence-electron chi connectivity index (χ4n) is 5.39. The highest BCUT2D eigenvalue weighted by atomic mass is 32.2. The van der Waals surface area contributed by atoms with Crippen LogP contribution in [0.3, 0.4) is 0 Å². The molecule has 0 aromatic carbocycles. The van der Waals surface area contributed by atoms with Gasteiger partial charge in [0, 0.05) is 6.42 Å². The average molecular weight is 716 g/mol. The number of nitrogens with one attached hydrogen (secondary N) is 1. The number of rotatable bonds is 34. The molecule has 0 saturated heterocycles. The van der Waals surface area contributed by atoms with Crippen LogP contribution in [0.1, 0.15) is 162 Å². The lowest BCUT2D eigenvalue weighted by atomic mass is 10.0. The summed E-state index contributed by atoms with van der Waals surface area (Å²) in [6, 6.07) is -1.08. The summed E-state index contributed by atoms with van der Waals surface area (Å²) in [6.07, 6.45) is 52.8. The van der Waals surface area contributed by atoms with E-state index in [9.17, 15) is 22.9 Å².